The third-order valence-electron chi connectivity index (χ3n) is 8.02. The van der Waals surface area contributed by atoms with Crippen molar-refractivity contribution in [2.24, 2.45) is 0 Å². The molecule has 1 aliphatic rings. The Hall–Kier alpha value is -4.47. The maximum absolute atomic E-state index is 12.7. The van der Waals surface area contributed by atoms with Crippen molar-refractivity contribution in [3.63, 3.8) is 0 Å². The number of hydrogen-bond donors (Lipinski definition) is 2. The number of carboxylic acids is 2. The van der Waals surface area contributed by atoms with E-state index in [1.54, 1.807) is 14.2 Å². The van der Waals surface area contributed by atoms with Crippen LogP contribution in [0.5, 0.6) is 11.5 Å². The number of aliphatic carboxylic acids is 2. The van der Waals surface area contributed by atoms with Crippen LogP contribution in [0.4, 0.5) is 0 Å². The molecule has 252 valence electrons. The average molecular weight is 646 g/mol. The van der Waals surface area contributed by atoms with E-state index >= 15 is 0 Å². The van der Waals surface area contributed by atoms with E-state index in [1.165, 1.54) is 5.56 Å². The standard InChI is InChI=1S/C34H43NO4.C4H4O4/c1-34(2,3)28-14-8-25(9-15-28)32(36)7-6-22-35-23-20-31(21-24-35)39-33(26-10-16-29(37-4)17-11-26)27-12-18-30(38-5)19-13-27;5-3(6)1-2-4(7)8/h8-19,31,33H,6-7,20-24H2,1-5H3;1-2H,(H,5,6)(H,7,8). The fourth-order valence-corrected chi connectivity index (χ4v) is 5.27. The third-order valence-corrected chi connectivity index (χ3v) is 8.02. The molecule has 3 aromatic carbocycles. The molecule has 0 spiro atoms. The summed E-state index contributed by atoms with van der Waals surface area (Å²) in [6.07, 6.45) is 4.56. The molecule has 47 heavy (non-hydrogen) atoms. The summed E-state index contributed by atoms with van der Waals surface area (Å²) in [6, 6.07) is 24.4. The Kier molecular flexibility index (Phi) is 14.2. The quantitative estimate of drug-likeness (QED) is 0.150. The fraction of sp³-hybridized carbons (Fsp3) is 0.395. The number of ether oxygens (including phenoxy) is 3. The van der Waals surface area contributed by atoms with Gasteiger partial charge in [0.2, 0.25) is 0 Å². The molecular formula is C38H47NO8. The van der Waals surface area contributed by atoms with Crippen LogP contribution in [0.1, 0.15) is 79.6 Å². The lowest BCUT2D eigenvalue weighted by atomic mass is 9.86. The number of ketones is 1. The molecule has 0 unspecified atom stereocenters. The van der Waals surface area contributed by atoms with Gasteiger partial charge in [0.25, 0.3) is 0 Å². The SMILES string of the molecule is COc1ccc(C(OC2CCN(CCCC(=O)c3ccc(C(C)(C)C)cc3)CC2)c2ccc(OC)cc2)cc1.O=C(O)C=CC(=O)O. The number of benzene rings is 3. The molecule has 0 bridgehead atoms. The molecule has 2 N–H and O–H groups in total. The number of carbonyl (C=O) groups excluding carboxylic acids is 1. The molecule has 0 atom stereocenters. The van der Waals surface area contributed by atoms with Gasteiger partial charge in [-0.2, -0.15) is 0 Å². The van der Waals surface area contributed by atoms with E-state index in [0.29, 0.717) is 18.6 Å². The van der Waals surface area contributed by atoms with Gasteiger partial charge in [-0.3, -0.25) is 4.79 Å². The Morgan fingerprint density at radius 2 is 1.26 bits per heavy atom. The second kappa shape index (κ2) is 18.0. The van der Waals surface area contributed by atoms with Crippen molar-refractivity contribution >= 4 is 17.7 Å². The van der Waals surface area contributed by atoms with E-state index in [9.17, 15) is 14.4 Å². The third kappa shape index (κ3) is 12.3. The zero-order chi connectivity index (χ0) is 34.4. The van der Waals surface area contributed by atoms with E-state index < -0.39 is 11.9 Å². The summed E-state index contributed by atoms with van der Waals surface area (Å²) in [7, 11) is 3.36. The first-order valence-electron chi connectivity index (χ1n) is 15.8. The lowest BCUT2D eigenvalue weighted by Gasteiger charge is -2.34. The number of methoxy groups -OCH3 is 2. The number of Topliss-reactive ketones (excluding diaryl/α,β-unsaturated/α-hetero) is 1. The number of hydrogen-bond acceptors (Lipinski definition) is 7. The van der Waals surface area contributed by atoms with Crippen LogP contribution in [-0.2, 0) is 19.7 Å². The molecule has 4 rings (SSSR count). The van der Waals surface area contributed by atoms with Crippen LogP contribution >= 0.6 is 0 Å². The summed E-state index contributed by atoms with van der Waals surface area (Å²) in [5.41, 5.74) is 4.39. The van der Waals surface area contributed by atoms with Gasteiger partial charge in [-0.25, -0.2) is 9.59 Å². The molecule has 1 aliphatic heterocycles. The minimum atomic E-state index is -1.26. The summed E-state index contributed by atoms with van der Waals surface area (Å²) in [5, 5.41) is 15.6. The van der Waals surface area contributed by atoms with Gasteiger partial charge in [0.05, 0.1) is 20.3 Å². The van der Waals surface area contributed by atoms with Gasteiger partial charge in [-0.1, -0.05) is 69.3 Å². The fourth-order valence-electron chi connectivity index (χ4n) is 5.27. The first-order valence-corrected chi connectivity index (χ1v) is 15.8. The monoisotopic (exact) mass is 645 g/mol. The van der Waals surface area contributed by atoms with Crippen LogP contribution in [0, 0.1) is 0 Å². The number of likely N-dealkylation sites (tertiary alicyclic amines) is 1. The molecule has 0 saturated carbocycles. The first-order chi connectivity index (χ1) is 22.4. The maximum atomic E-state index is 12.7. The Balaban J connectivity index is 0.000000665. The topological polar surface area (TPSA) is 123 Å². The van der Waals surface area contributed by atoms with Crippen molar-refractivity contribution in [1.82, 2.24) is 4.90 Å². The van der Waals surface area contributed by atoms with Crippen molar-refractivity contribution in [2.45, 2.75) is 64.1 Å². The van der Waals surface area contributed by atoms with Crippen molar-refractivity contribution in [1.29, 1.82) is 0 Å². The molecule has 3 aromatic rings. The highest BCUT2D eigenvalue weighted by Crippen LogP contribution is 2.32. The predicted molar refractivity (Wildman–Crippen MR) is 181 cm³/mol. The van der Waals surface area contributed by atoms with Gasteiger partial charge in [-0.15, -0.1) is 0 Å². The van der Waals surface area contributed by atoms with Gasteiger partial charge in [0, 0.05) is 37.2 Å². The summed E-state index contributed by atoms with van der Waals surface area (Å²) in [6.45, 7) is 9.48. The van der Waals surface area contributed by atoms with Crippen molar-refractivity contribution < 1.29 is 38.8 Å². The molecule has 1 fully saturated rings. The Bertz CT molecular complexity index is 1390. The second-order valence-corrected chi connectivity index (χ2v) is 12.5. The number of rotatable bonds is 13. The highest BCUT2D eigenvalue weighted by Gasteiger charge is 2.25. The molecule has 0 amide bonds. The number of piperidine rings is 1. The van der Waals surface area contributed by atoms with Gasteiger partial charge < -0.3 is 29.3 Å². The van der Waals surface area contributed by atoms with E-state index in [4.69, 9.17) is 24.4 Å². The lowest BCUT2D eigenvalue weighted by Crippen LogP contribution is -2.38. The van der Waals surface area contributed by atoms with Gasteiger partial charge in [0.15, 0.2) is 5.78 Å². The van der Waals surface area contributed by atoms with Crippen molar-refractivity contribution in [2.75, 3.05) is 33.9 Å². The summed E-state index contributed by atoms with van der Waals surface area (Å²) >= 11 is 0. The molecule has 9 nitrogen and oxygen atoms in total. The van der Waals surface area contributed by atoms with Crippen LogP contribution < -0.4 is 9.47 Å². The number of carboxylic acid groups (broad SMARTS) is 2. The zero-order valence-electron chi connectivity index (χ0n) is 28.0. The van der Waals surface area contributed by atoms with E-state index in [1.807, 2.05) is 36.4 Å². The molecule has 0 aliphatic carbocycles. The summed E-state index contributed by atoms with van der Waals surface area (Å²) < 4.78 is 17.4. The largest absolute Gasteiger partial charge is 0.497 e. The predicted octanol–water partition coefficient (Wildman–Crippen LogP) is 6.95. The van der Waals surface area contributed by atoms with E-state index in [0.717, 1.165) is 67.1 Å². The van der Waals surface area contributed by atoms with E-state index in [-0.39, 0.29) is 23.4 Å². The van der Waals surface area contributed by atoms with Gasteiger partial charge in [0.1, 0.15) is 17.6 Å². The second-order valence-electron chi connectivity index (χ2n) is 12.5. The van der Waals surface area contributed by atoms with Gasteiger partial charge >= 0.3 is 11.9 Å². The molecule has 1 saturated heterocycles. The maximum Gasteiger partial charge on any atom is 0.328 e. The Morgan fingerprint density at radius 1 is 0.787 bits per heavy atom. The molecule has 1 heterocycles. The number of carbonyl (C=O) groups is 3. The Labute approximate surface area is 277 Å². The molecular weight excluding hydrogens is 598 g/mol. The van der Waals surface area contributed by atoms with Crippen molar-refractivity contribution in [3.8, 4) is 11.5 Å². The van der Waals surface area contributed by atoms with Crippen LogP contribution in [0.25, 0.3) is 0 Å². The summed E-state index contributed by atoms with van der Waals surface area (Å²) in [5.74, 6) is -0.614. The zero-order valence-corrected chi connectivity index (χ0v) is 28.0. The normalized spacial score (nSPS) is 14.0. The molecule has 0 aromatic heterocycles. The van der Waals surface area contributed by atoms with Crippen LogP contribution in [0.3, 0.4) is 0 Å². The minimum absolute atomic E-state index is 0.0979. The minimum Gasteiger partial charge on any atom is -0.497 e. The number of nitrogens with zero attached hydrogens (tertiary/aromatic N) is 1. The van der Waals surface area contributed by atoms with Crippen molar-refractivity contribution in [3.05, 3.63) is 107 Å². The average Bonchev–Trinajstić information content (AvgIpc) is 3.07. The smallest absolute Gasteiger partial charge is 0.328 e. The highest BCUT2D eigenvalue weighted by atomic mass is 16.5. The first kappa shape index (κ1) is 37.0. The lowest BCUT2D eigenvalue weighted by molar-refractivity contribution is -0.134. The molecule has 9 heteroatoms. The highest BCUT2D eigenvalue weighted by molar-refractivity contribution is 5.96. The Morgan fingerprint density at radius 3 is 1.66 bits per heavy atom. The van der Waals surface area contributed by atoms with Gasteiger partial charge in [-0.05, 0) is 72.2 Å². The van der Waals surface area contributed by atoms with Crippen LogP contribution in [-0.4, -0.2) is 72.8 Å². The molecule has 0 radical (unpaired) electrons. The van der Waals surface area contributed by atoms with Crippen LogP contribution in [0.15, 0.2) is 84.9 Å². The van der Waals surface area contributed by atoms with E-state index in [2.05, 4.69) is 62.1 Å². The van der Waals surface area contributed by atoms with Crippen LogP contribution in [0.2, 0.25) is 0 Å². The summed E-state index contributed by atoms with van der Waals surface area (Å²) in [4.78, 5) is 34.3.